The molecule has 0 aliphatic rings. The topological polar surface area (TPSA) is 12.9 Å². The van der Waals surface area contributed by atoms with Crippen LogP contribution in [0.3, 0.4) is 0 Å². The van der Waals surface area contributed by atoms with Crippen molar-refractivity contribution in [3.8, 4) is 0 Å². The van der Waals surface area contributed by atoms with Gasteiger partial charge in [-0.3, -0.25) is 0 Å². The van der Waals surface area contributed by atoms with E-state index < -0.39 is 5.92 Å². The van der Waals surface area contributed by atoms with Crippen molar-refractivity contribution in [1.29, 1.82) is 0 Å². The van der Waals surface area contributed by atoms with Gasteiger partial charge in [0, 0.05) is 10.9 Å². The first-order chi connectivity index (χ1) is 6.71. The molecular formula is C10H7F2NS. The Morgan fingerprint density at radius 2 is 1.86 bits per heavy atom. The lowest BCUT2D eigenvalue weighted by molar-refractivity contribution is 0.0387. The molecule has 0 unspecified atom stereocenters. The molecule has 0 bridgehead atoms. The molecule has 0 aliphatic heterocycles. The number of benzene rings is 1. The summed E-state index contributed by atoms with van der Waals surface area (Å²) in [5.41, 5.74) is 1.20. The Morgan fingerprint density at radius 1 is 1.14 bits per heavy atom. The van der Waals surface area contributed by atoms with Crippen molar-refractivity contribution in [2.45, 2.75) is 5.92 Å². The summed E-state index contributed by atoms with van der Waals surface area (Å²) in [7, 11) is 0. The molecule has 0 amide bonds. The highest BCUT2D eigenvalue weighted by Gasteiger charge is 2.35. The van der Waals surface area contributed by atoms with Crippen molar-refractivity contribution < 1.29 is 8.78 Å². The predicted octanol–water partition coefficient (Wildman–Crippen LogP) is 3.28. The average Bonchev–Trinajstić information content (AvgIpc) is 2.72. The lowest BCUT2D eigenvalue weighted by atomic mass is 10.1. The van der Waals surface area contributed by atoms with Gasteiger partial charge < -0.3 is 0 Å². The van der Waals surface area contributed by atoms with Crippen LogP contribution in [0.1, 0.15) is 11.3 Å². The molecule has 1 heterocycles. The van der Waals surface area contributed by atoms with Crippen molar-refractivity contribution in [2.24, 2.45) is 0 Å². The summed E-state index contributed by atoms with van der Waals surface area (Å²) in [6.45, 7) is 0. The van der Waals surface area contributed by atoms with Crippen molar-refractivity contribution in [1.82, 2.24) is 4.98 Å². The van der Waals surface area contributed by atoms with E-state index in [1.165, 1.54) is 34.4 Å². The fourth-order valence-electron chi connectivity index (χ4n) is 1.16. The van der Waals surface area contributed by atoms with Crippen LogP contribution >= 0.6 is 11.3 Å². The Hall–Kier alpha value is -1.29. The fraction of sp³-hybridized carbons (Fsp3) is 0.100. The SMILES string of the molecule is FC(F)(c1ccccc1)c1cscn1. The zero-order valence-electron chi connectivity index (χ0n) is 7.15. The molecule has 4 heteroatoms. The number of nitrogens with zero attached hydrogens (tertiary/aromatic N) is 1. The van der Waals surface area contributed by atoms with Gasteiger partial charge in [0.1, 0.15) is 5.69 Å². The molecule has 0 atom stereocenters. The van der Waals surface area contributed by atoms with E-state index in [0.29, 0.717) is 0 Å². The molecule has 0 saturated heterocycles. The molecule has 2 aromatic rings. The smallest absolute Gasteiger partial charge is 0.243 e. The molecule has 0 N–H and O–H groups in total. The average molecular weight is 211 g/mol. The highest BCUT2D eigenvalue weighted by atomic mass is 32.1. The number of hydrogen-bond donors (Lipinski definition) is 0. The molecule has 0 spiro atoms. The van der Waals surface area contributed by atoms with Crippen LogP contribution in [0.4, 0.5) is 8.78 Å². The first-order valence-corrected chi connectivity index (χ1v) is 4.97. The van der Waals surface area contributed by atoms with Gasteiger partial charge in [0.05, 0.1) is 5.51 Å². The maximum Gasteiger partial charge on any atom is 0.315 e. The van der Waals surface area contributed by atoms with Crippen LogP contribution in [0.2, 0.25) is 0 Å². The lowest BCUT2D eigenvalue weighted by Gasteiger charge is -2.13. The Bertz CT molecular complexity index is 397. The van der Waals surface area contributed by atoms with Gasteiger partial charge in [0.25, 0.3) is 0 Å². The summed E-state index contributed by atoms with van der Waals surface area (Å²) in [6, 6.07) is 7.70. The minimum absolute atomic E-state index is 0.0223. The van der Waals surface area contributed by atoms with E-state index in [0.717, 1.165) is 0 Å². The second-order valence-electron chi connectivity index (χ2n) is 2.81. The maximum atomic E-state index is 13.7. The molecule has 1 nitrogen and oxygen atoms in total. The minimum Gasteiger partial charge on any atom is -0.243 e. The second-order valence-corrected chi connectivity index (χ2v) is 3.53. The van der Waals surface area contributed by atoms with Crippen molar-refractivity contribution in [2.75, 3.05) is 0 Å². The summed E-state index contributed by atoms with van der Waals surface area (Å²) in [6.07, 6.45) is 0. The van der Waals surface area contributed by atoms with Crippen LogP contribution in [-0.4, -0.2) is 4.98 Å². The number of hydrogen-bond acceptors (Lipinski definition) is 2. The van der Waals surface area contributed by atoms with Crippen molar-refractivity contribution >= 4 is 11.3 Å². The number of rotatable bonds is 2. The lowest BCUT2D eigenvalue weighted by Crippen LogP contribution is -2.15. The zero-order chi connectivity index (χ0) is 10.0. The zero-order valence-corrected chi connectivity index (χ0v) is 7.97. The van der Waals surface area contributed by atoms with Gasteiger partial charge in [-0.1, -0.05) is 30.3 Å². The number of alkyl halides is 2. The first-order valence-electron chi connectivity index (χ1n) is 4.03. The van der Waals surface area contributed by atoms with E-state index in [1.807, 2.05) is 0 Å². The molecule has 0 saturated carbocycles. The molecule has 72 valence electrons. The summed E-state index contributed by atoms with van der Waals surface area (Å²) in [5, 5.41) is 1.37. The van der Waals surface area contributed by atoms with Crippen LogP contribution in [0.15, 0.2) is 41.2 Å². The Kier molecular flexibility index (Phi) is 2.29. The Balaban J connectivity index is 2.43. The quantitative estimate of drug-likeness (QED) is 0.742. The Morgan fingerprint density at radius 3 is 2.43 bits per heavy atom. The molecule has 14 heavy (non-hydrogen) atoms. The van der Waals surface area contributed by atoms with Gasteiger partial charge in [0.2, 0.25) is 0 Å². The molecule has 2 rings (SSSR count). The number of aromatic nitrogens is 1. The van der Waals surface area contributed by atoms with Gasteiger partial charge in [0.15, 0.2) is 0 Å². The van der Waals surface area contributed by atoms with E-state index in [1.54, 1.807) is 18.2 Å². The molecule has 1 aromatic carbocycles. The molecule has 0 fully saturated rings. The molecule has 0 radical (unpaired) electrons. The van der Waals surface area contributed by atoms with E-state index in [4.69, 9.17) is 0 Å². The van der Waals surface area contributed by atoms with Gasteiger partial charge >= 0.3 is 5.92 Å². The summed E-state index contributed by atoms with van der Waals surface area (Å²) < 4.78 is 27.3. The highest BCUT2D eigenvalue weighted by Crippen LogP contribution is 2.34. The molecule has 0 aliphatic carbocycles. The van der Waals surface area contributed by atoms with E-state index >= 15 is 0 Å². The summed E-state index contributed by atoms with van der Waals surface area (Å²) >= 11 is 1.17. The number of halogens is 2. The van der Waals surface area contributed by atoms with Crippen molar-refractivity contribution in [3.63, 3.8) is 0 Å². The number of thiazole rings is 1. The van der Waals surface area contributed by atoms with Crippen molar-refractivity contribution in [3.05, 3.63) is 52.5 Å². The predicted molar refractivity (Wildman–Crippen MR) is 51.6 cm³/mol. The van der Waals surface area contributed by atoms with Gasteiger partial charge in [-0.2, -0.15) is 8.78 Å². The second kappa shape index (κ2) is 3.46. The van der Waals surface area contributed by atoms with Crippen LogP contribution in [-0.2, 0) is 5.92 Å². The third kappa shape index (κ3) is 1.53. The molecule has 1 aromatic heterocycles. The fourth-order valence-corrected chi connectivity index (χ4v) is 1.74. The van der Waals surface area contributed by atoms with Crippen LogP contribution < -0.4 is 0 Å². The normalized spacial score (nSPS) is 11.6. The van der Waals surface area contributed by atoms with Crippen LogP contribution in [0.5, 0.6) is 0 Å². The monoisotopic (exact) mass is 211 g/mol. The maximum absolute atomic E-state index is 13.7. The molecular weight excluding hydrogens is 204 g/mol. The third-order valence-electron chi connectivity index (χ3n) is 1.89. The third-order valence-corrected chi connectivity index (χ3v) is 2.48. The minimum atomic E-state index is -2.98. The first kappa shape index (κ1) is 9.27. The standard InChI is InChI=1S/C10H7F2NS/c11-10(12,9-6-14-7-13-9)8-4-2-1-3-5-8/h1-7H. The highest BCUT2D eigenvalue weighted by molar-refractivity contribution is 7.07. The van der Waals surface area contributed by atoms with Crippen LogP contribution in [0.25, 0.3) is 0 Å². The van der Waals surface area contributed by atoms with Gasteiger partial charge in [-0.15, -0.1) is 11.3 Å². The van der Waals surface area contributed by atoms with Gasteiger partial charge in [-0.05, 0) is 0 Å². The van der Waals surface area contributed by atoms with E-state index in [2.05, 4.69) is 4.98 Å². The summed E-state index contributed by atoms with van der Waals surface area (Å²) in [4.78, 5) is 3.63. The van der Waals surface area contributed by atoms with Crippen LogP contribution in [0, 0.1) is 0 Å². The van der Waals surface area contributed by atoms with E-state index in [9.17, 15) is 8.78 Å². The summed E-state index contributed by atoms with van der Waals surface area (Å²) in [5.74, 6) is -2.98. The largest absolute Gasteiger partial charge is 0.315 e. The van der Waals surface area contributed by atoms with Gasteiger partial charge in [-0.25, -0.2) is 4.98 Å². The van der Waals surface area contributed by atoms with E-state index in [-0.39, 0.29) is 11.3 Å². The Labute approximate surface area is 84.0 Å².